The van der Waals surface area contributed by atoms with Gasteiger partial charge in [0.05, 0.1) is 13.7 Å². The maximum absolute atomic E-state index is 11.6. The SMILES string of the molecule is COc1ccc(Nc2nccc(N(C)CC3CCN(C(C)=O)CC3)n2)cc1OCC(C)CN1CCCC1. The number of hydrogen-bond donors (Lipinski definition) is 1. The van der Waals surface area contributed by atoms with Crippen molar-refractivity contribution in [3.05, 3.63) is 30.5 Å². The Labute approximate surface area is 221 Å². The zero-order valence-electron chi connectivity index (χ0n) is 22.8. The van der Waals surface area contributed by atoms with Crippen LogP contribution in [0.4, 0.5) is 17.5 Å². The van der Waals surface area contributed by atoms with E-state index in [0.29, 0.717) is 35.9 Å². The number of amides is 1. The molecule has 1 aromatic carbocycles. The minimum absolute atomic E-state index is 0.169. The Morgan fingerprint density at radius 2 is 1.92 bits per heavy atom. The summed E-state index contributed by atoms with van der Waals surface area (Å²) in [6, 6.07) is 7.73. The summed E-state index contributed by atoms with van der Waals surface area (Å²) in [7, 11) is 3.72. The molecule has 1 N–H and O–H groups in total. The fourth-order valence-electron chi connectivity index (χ4n) is 5.22. The third-order valence-corrected chi connectivity index (χ3v) is 7.34. The third-order valence-electron chi connectivity index (χ3n) is 7.34. The number of nitrogens with one attached hydrogen (secondary N) is 1. The van der Waals surface area contributed by atoms with Gasteiger partial charge in [0.15, 0.2) is 11.5 Å². The second-order valence-electron chi connectivity index (χ2n) is 10.5. The van der Waals surface area contributed by atoms with Crippen LogP contribution in [0, 0.1) is 11.8 Å². The van der Waals surface area contributed by atoms with Gasteiger partial charge in [-0.05, 0) is 62.9 Å². The quantitative estimate of drug-likeness (QED) is 0.485. The van der Waals surface area contributed by atoms with Crippen molar-refractivity contribution < 1.29 is 14.3 Å². The number of aromatic nitrogens is 2. The number of methoxy groups -OCH3 is 1. The molecule has 2 aliphatic heterocycles. The molecule has 37 heavy (non-hydrogen) atoms. The van der Waals surface area contributed by atoms with Crippen molar-refractivity contribution in [1.29, 1.82) is 0 Å². The molecule has 1 unspecified atom stereocenters. The molecule has 2 aromatic rings. The Hall–Kier alpha value is -3.07. The van der Waals surface area contributed by atoms with Crippen LogP contribution in [0.3, 0.4) is 0 Å². The largest absolute Gasteiger partial charge is 0.493 e. The predicted molar refractivity (Wildman–Crippen MR) is 147 cm³/mol. The standard InChI is InChI=1S/C28H42N6O3/c1-21(18-33-13-5-6-14-33)20-37-26-17-24(7-8-25(26)36-4)30-28-29-12-9-27(31-28)32(3)19-23-10-15-34(16-11-23)22(2)35/h7-9,12,17,21,23H,5-6,10-11,13-16,18-20H2,1-4H3,(H,29,30,31). The van der Waals surface area contributed by atoms with Crippen LogP contribution >= 0.6 is 0 Å². The molecule has 0 bridgehead atoms. The maximum Gasteiger partial charge on any atom is 0.229 e. The summed E-state index contributed by atoms with van der Waals surface area (Å²) in [4.78, 5) is 27.4. The van der Waals surface area contributed by atoms with Crippen molar-refractivity contribution in [3.8, 4) is 11.5 Å². The predicted octanol–water partition coefficient (Wildman–Crippen LogP) is 4.03. The summed E-state index contributed by atoms with van der Waals surface area (Å²) in [6.45, 7) is 10.5. The molecule has 2 saturated heterocycles. The zero-order chi connectivity index (χ0) is 26.2. The molecule has 9 heteroatoms. The molecule has 2 aliphatic rings. The van der Waals surface area contributed by atoms with E-state index in [4.69, 9.17) is 14.5 Å². The molecular weight excluding hydrogens is 468 g/mol. The van der Waals surface area contributed by atoms with Crippen molar-refractivity contribution in [1.82, 2.24) is 19.8 Å². The molecule has 9 nitrogen and oxygen atoms in total. The first kappa shape index (κ1) is 27.0. The highest BCUT2D eigenvalue weighted by Gasteiger charge is 2.22. The van der Waals surface area contributed by atoms with E-state index in [1.54, 1.807) is 20.2 Å². The van der Waals surface area contributed by atoms with Crippen molar-refractivity contribution in [3.63, 3.8) is 0 Å². The van der Waals surface area contributed by atoms with Crippen LogP contribution in [-0.4, -0.2) is 85.7 Å². The zero-order valence-corrected chi connectivity index (χ0v) is 22.8. The number of hydrogen-bond acceptors (Lipinski definition) is 8. The second kappa shape index (κ2) is 12.9. The number of nitrogens with zero attached hydrogens (tertiary/aromatic N) is 5. The van der Waals surface area contributed by atoms with Gasteiger partial charge in [0.2, 0.25) is 11.9 Å². The molecular formula is C28H42N6O3. The summed E-state index contributed by atoms with van der Waals surface area (Å²) in [5.74, 6) is 3.98. The highest BCUT2D eigenvalue weighted by Crippen LogP contribution is 2.32. The average Bonchev–Trinajstić information content (AvgIpc) is 3.41. The van der Waals surface area contributed by atoms with Gasteiger partial charge in [-0.1, -0.05) is 6.92 Å². The van der Waals surface area contributed by atoms with Gasteiger partial charge in [0, 0.05) is 64.0 Å². The summed E-state index contributed by atoms with van der Waals surface area (Å²) >= 11 is 0. The fourth-order valence-corrected chi connectivity index (χ4v) is 5.22. The number of carbonyl (C=O) groups excluding carboxylic acids is 1. The molecule has 1 amide bonds. The van der Waals surface area contributed by atoms with Gasteiger partial charge in [-0.15, -0.1) is 0 Å². The first-order chi connectivity index (χ1) is 17.9. The molecule has 2 fully saturated rings. The van der Waals surface area contributed by atoms with Gasteiger partial charge < -0.3 is 29.5 Å². The van der Waals surface area contributed by atoms with E-state index < -0.39 is 0 Å². The van der Waals surface area contributed by atoms with Crippen molar-refractivity contribution >= 4 is 23.4 Å². The van der Waals surface area contributed by atoms with Crippen LogP contribution in [0.1, 0.15) is 39.5 Å². The molecule has 0 saturated carbocycles. The highest BCUT2D eigenvalue weighted by atomic mass is 16.5. The first-order valence-corrected chi connectivity index (χ1v) is 13.5. The number of ether oxygens (including phenoxy) is 2. The lowest BCUT2D eigenvalue weighted by atomic mass is 9.96. The Balaban J connectivity index is 1.34. The van der Waals surface area contributed by atoms with E-state index >= 15 is 0 Å². The monoisotopic (exact) mass is 510 g/mol. The maximum atomic E-state index is 11.6. The van der Waals surface area contributed by atoms with E-state index in [-0.39, 0.29) is 5.91 Å². The lowest BCUT2D eigenvalue weighted by molar-refractivity contribution is -0.130. The number of piperidine rings is 1. The molecule has 1 atom stereocenters. The van der Waals surface area contributed by atoms with Gasteiger partial charge >= 0.3 is 0 Å². The second-order valence-corrected chi connectivity index (χ2v) is 10.5. The lowest BCUT2D eigenvalue weighted by Gasteiger charge is -2.33. The van der Waals surface area contributed by atoms with Gasteiger partial charge in [0.1, 0.15) is 5.82 Å². The molecule has 4 rings (SSSR count). The number of likely N-dealkylation sites (tertiary alicyclic amines) is 2. The smallest absolute Gasteiger partial charge is 0.229 e. The van der Waals surface area contributed by atoms with Gasteiger partial charge in [0.25, 0.3) is 0 Å². The summed E-state index contributed by atoms with van der Waals surface area (Å²) < 4.78 is 11.7. The number of benzene rings is 1. The number of anilines is 3. The minimum Gasteiger partial charge on any atom is -0.493 e. The van der Waals surface area contributed by atoms with Crippen molar-refractivity contribution in [2.75, 3.05) is 70.2 Å². The summed E-state index contributed by atoms with van der Waals surface area (Å²) in [6.07, 6.45) is 6.42. The Morgan fingerprint density at radius 3 is 2.62 bits per heavy atom. The Morgan fingerprint density at radius 1 is 1.16 bits per heavy atom. The summed E-state index contributed by atoms with van der Waals surface area (Å²) in [5.41, 5.74) is 0.847. The van der Waals surface area contributed by atoms with Crippen LogP contribution in [0.25, 0.3) is 0 Å². The highest BCUT2D eigenvalue weighted by molar-refractivity contribution is 5.73. The summed E-state index contributed by atoms with van der Waals surface area (Å²) in [5, 5.41) is 3.32. The first-order valence-electron chi connectivity index (χ1n) is 13.5. The Bertz CT molecular complexity index is 1020. The van der Waals surface area contributed by atoms with Crippen LogP contribution in [0.15, 0.2) is 30.5 Å². The topological polar surface area (TPSA) is 83.1 Å². The normalized spacial score (nSPS) is 17.5. The van der Waals surface area contributed by atoms with E-state index in [1.807, 2.05) is 29.2 Å². The minimum atomic E-state index is 0.169. The fraction of sp³-hybridized carbons (Fsp3) is 0.607. The number of carbonyl (C=O) groups is 1. The van der Waals surface area contributed by atoms with E-state index in [2.05, 4.69) is 34.1 Å². The molecule has 0 radical (unpaired) electrons. The van der Waals surface area contributed by atoms with E-state index in [1.165, 1.54) is 25.9 Å². The number of rotatable bonds is 11. The van der Waals surface area contributed by atoms with Crippen LogP contribution in [-0.2, 0) is 4.79 Å². The molecule has 1 aromatic heterocycles. The average molecular weight is 511 g/mol. The van der Waals surface area contributed by atoms with E-state index in [9.17, 15) is 4.79 Å². The molecule has 0 spiro atoms. The van der Waals surface area contributed by atoms with E-state index in [0.717, 1.165) is 50.5 Å². The third kappa shape index (κ3) is 7.71. The lowest BCUT2D eigenvalue weighted by Crippen LogP contribution is -2.40. The van der Waals surface area contributed by atoms with Crippen molar-refractivity contribution in [2.24, 2.45) is 11.8 Å². The molecule has 3 heterocycles. The van der Waals surface area contributed by atoms with Crippen LogP contribution < -0.4 is 19.7 Å². The molecule has 0 aliphatic carbocycles. The van der Waals surface area contributed by atoms with Crippen LogP contribution in [0.5, 0.6) is 11.5 Å². The van der Waals surface area contributed by atoms with Gasteiger partial charge in [-0.2, -0.15) is 4.98 Å². The van der Waals surface area contributed by atoms with Gasteiger partial charge in [-0.3, -0.25) is 4.79 Å². The molecule has 202 valence electrons. The van der Waals surface area contributed by atoms with Crippen molar-refractivity contribution in [2.45, 2.75) is 39.5 Å². The van der Waals surface area contributed by atoms with Crippen LogP contribution in [0.2, 0.25) is 0 Å². The van der Waals surface area contributed by atoms with Gasteiger partial charge in [-0.25, -0.2) is 4.98 Å². The Kier molecular flexibility index (Phi) is 9.44.